The fourth-order valence-electron chi connectivity index (χ4n) is 4.01. The maximum absolute atomic E-state index is 13.1. The molecular formula is C23H22N4O2. The van der Waals surface area contributed by atoms with E-state index in [9.17, 15) is 9.59 Å². The molecule has 1 saturated heterocycles. The van der Waals surface area contributed by atoms with Crippen molar-refractivity contribution >= 4 is 27.7 Å². The highest BCUT2D eigenvalue weighted by Crippen LogP contribution is 2.27. The predicted molar refractivity (Wildman–Crippen MR) is 115 cm³/mol. The molecule has 146 valence electrons. The largest absolute Gasteiger partial charge is 0.354 e. The molecule has 1 aliphatic heterocycles. The van der Waals surface area contributed by atoms with Crippen molar-refractivity contribution in [1.82, 2.24) is 19.8 Å². The number of hydrogen-bond donors (Lipinski definition) is 2. The van der Waals surface area contributed by atoms with Crippen LogP contribution in [0.25, 0.3) is 33.1 Å². The molecule has 6 heteroatoms. The van der Waals surface area contributed by atoms with Gasteiger partial charge < -0.3 is 19.8 Å². The summed E-state index contributed by atoms with van der Waals surface area (Å²) in [5.74, 6) is 0.0432. The Bertz CT molecular complexity index is 1280. The van der Waals surface area contributed by atoms with E-state index in [1.807, 2.05) is 59.5 Å². The quantitative estimate of drug-likeness (QED) is 0.556. The molecule has 2 aromatic heterocycles. The summed E-state index contributed by atoms with van der Waals surface area (Å²) < 4.78 is 0. The Hall–Kier alpha value is -3.38. The number of piperazine rings is 1. The maximum Gasteiger partial charge on any atom is 0.257 e. The van der Waals surface area contributed by atoms with E-state index < -0.39 is 0 Å². The fourth-order valence-corrected chi connectivity index (χ4v) is 4.01. The maximum atomic E-state index is 13.1. The van der Waals surface area contributed by atoms with Crippen LogP contribution in [-0.2, 0) is 0 Å². The molecule has 5 rings (SSSR count). The van der Waals surface area contributed by atoms with Crippen molar-refractivity contribution in [1.29, 1.82) is 0 Å². The molecule has 3 heterocycles. The highest BCUT2D eigenvalue weighted by atomic mass is 16.2. The molecule has 1 aliphatic rings. The van der Waals surface area contributed by atoms with Crippen LogP contribution in [-0.4, -0.2) is 58.9 Å². The van der Waals surface area contributed by atoms with E-state index in [0.717, 1.165) is 48.0 Å². The van der Waals surface area contributed by atoms with Gasteiger partial charge in [0.15, 0.2) is 0 Å². The zero-order chi connectivity index (χ0) is 20.0. The van der Waals surface area contributed by atoms with Crippen LogP contribution in [0.3, 0.4) is 0 Å². The van der Waals surface area contributed by atoms with Crippen LogP contribution < -0.4 is 5.56 Å². The van der Waals surface area contributed by atoms with Crippen LogP contribution in [0.4, 0.5) is 0 Å². The number of nitrogens with zero attached hydrogens (tertiary/aromatic N) is 2. The number of benzene rings is 2. The van der Waals surface area contributed by atoms with E-state index in [1.165, 1.54) is 0 Å². The Morgan fingerprint density at radius 1 is 0.897 bits per heavy atom. The number of aromatic amines is 2. The summed E-state index contributed by atoms with van der Waals surface area (Å²) in [6.07, 6.45) is 0. The van der Waals surface area contributed by atoms with Crippen LogP contribution >= 0.6 is 0 Å². The van der Waals surface area contributed by atoms with Crippen molar-refractivity contribution in [3.05, 3.63) is 70.5 Å². The molecule has 0 spiro atoms. The zero-order valence-electron chi connectivity index (χ0n) is 16.2. The molecular weight excluding hydrogens is 364 g/mol. The van der Waals surface area contributed by atoms with E-state index in [1.54, 1.807) is 0 Å². The van der Waals surface area contributed by atoms with Crippen molar-refractivity contribution in [2.75, 3.05) is 33.2 Å². The molecule has 2 aromatic carbocycles. The zero-order valence-corrected chi connectivity index (χ0v) is 16.2. The van der Waals surface area contributed by atoms with Gasteiger partial charge >= 0.3 is 0 Å². The first-order chi connectivity index (χ1) is 14.1. The summed E-state index contributed by atoms with van der Waals surface area (Å²) in [6.45, 7) is 3.22. The molecule has 29 heavy (non-hydrogen) atoms. The molecule has 1 amide bonds. The highest BCUT2D eigenvalue weighted by Gasteiger charge is 2.22. The minimum Gasteiger partial charge on any atom is -0.354 e. The number of H-pyrrole nitrogens is 2. The lowest BCUT2D eigenvalue weighted by atomic mass is 10.1. The third kappa shape index (κ3) is 3.11. The molecule has 0 saturated carbocycles. The van der Waals surface area contributed by atoms with Gasteiger partial charge in [0.1, 0.15) is 0 Å². The van der Waals surface area contributed by atoms with E-state index in [2.05, 4.69) is 21.9 Å². The van der Waals surface area contributed by atoms with Crippen molar-refractivity contribution in [3.63, 3.8) is 0 Å². The van der Waals surface area contributed by atoms with Gasteiger partial charge in [0.05, 0.1) is 11.3 Å². The number of amides is 1. The number of para-hydroxylation sites is 1. The fraction of sp³-hybridized carbons (Fsp3) is 0.217. The molecule has 0 atom stereocenters. The third-order valence-corrected chi connectivity index (χ3v) is 5.73. The second-order valence-electron chi connectivity index (χ2n) is 7.64. The smallest absolute Gasteiger partial charge is 0.257 e. The van der Waals surface area contributed by atoms with Gasteiger partial charge in [0.25, 0.3) is 11.5 Å². The Morgan fingerprint density at radius 3 is 2.48 bits per heavy atom. The first kappa shape index (κ1) is 17.7. The van der Waals surface area contributed by atoms with Gasteiger partial charge in [0, 0.05) is 48.2 Å². The van der Waals surface area contributed by atoms with Crippen LogP contribution in [0.15, 0.2) is 59.4 Å². The van der Waals surface area contributed by atoms with Crippen molar-refractivity contribution in [3.8, 4) is 11.3 Å². The third-order valence-electron chi connectivity index (χ3n) is 5.73. The molecule has 0 aliphatic carbocycles. The van der Waals surface area contributed by atoms with Crippen LogP contribution in [0.1, 0.15) is 10.4 Å². The number of carbonyl (C=O) groups excluding carboxylic acids is 1. The van der Waals surface area contributed by atoms with E-state index >= 15 is 0 Å². The summed E-state index contributed by atoms with van der Waals surface area (Å²) >= 11 is 0. The average Bonchev–Trinajstić information content (AvgIpc) is 3.17. The first-order valence-electron chi connectivity index (χ1n) is 9.82. The van der Waals surface area contributed by atoms with Crippen LogP contribution in [0, 0.1) is 0 Å². The number of nitrogens with one attached hydrogen (secondary N) is 2. The predicted octanol–water partition coefficient (Wildman–Crippen LogP) is 3.06. The van der Waals surface area contributed by atoms with E-state index in [-0.39, 0.29) is 11.5 Å². The molecule has 0 radical (unpaired) electrons. The SMILES string of the molecule is CN1CCN(C(=O)c2cccc3[nH]c(-c4cc5ccccc5[nH]c4=O)cc23)CC1. The number of rotatable bonds is 2. The number of fused-ring (bicyclic) bond motifs is 2. The number of pyridine rings is 1. The van der Waals surface area contributed by atoms with Gasteiger partial charge in [0.2, 0.25) is 0 Å². The topological polar surface area (TPSA) is 72.2 Å². The monoisotopic (exact) mass is 386 g/mol. The van der Waals surface area contributed by atoms with Gasteiger partial charge in [-0.15, -0.1) is 0 Å². The highest BCUT2D eigenvalue weighted by molar-refractivity contribution is 6.07. The number of carbonyl (C=O) groups is 1. The average molecular weight is 386 g/mol. The van der Waals surface area contributed by atoms with Crippen LogP contribution in [0.5, 0.6) is 0 Å². The number of aromatic nitrogens is 2. The Labute approximate surface area is 167 Å². The van der Waals surface area contributed by atoms with Gasteiger partial charge in [-0.3, -0.25) is 9.59 Å². The summed E-state index contributed by atoms with van der Waals surface area (Å²) in [7, 11) is 2.07. The minimum absolute atomic E-state index is 0.0432. The summed E-state index contributed by atoms with van der Waals surface area (Å²) in [5.41, 5.74) is 3.47. The lowest BCUT2D eigenvalue weighted by Crippen LogP contribution is -2.47. The van der Waals surface area contributed by atoms with E-state index in [0.29, 0.717) is 16.8 Å². The lowest BCUT2D eigenvalue weighted by Gasteiger charge is -2.32. The molecule has 2 N–H and O–H groups in total. The summed E-state index contributed by atoms with van der Waals surface area (Å²) in [4.78, 5) is 36.2. The second-order valence-corrected chi connectivity index (χ2v) is 7.64. The van der Waals surface area contributed by atoms with Gasteiger partial charge in [-0.1, -0.05) is 24.3 Å². The summed E-state index contributed by atoms with van der Waals surface area (Å²) in [6, 6.07) is 17.2. The molecule has 1 fully saturated rings. The second kappa shape index (κ2) is 6.90. The van der Waals surface area contributed by atoms with Crippen molar-refractivity contribution in [2.24, 2.45) is 0 Å². The lowest BCUT2D eigenvalue weighted by molar-refractivity contribution is 0.0666. The van der Waals surface area contributed by atoms with E-state index in [4.69, 9.17) is 0 Å². The molecule has 4 aromatic rings. The van der Waals surface area contributed by atoms with Gasteiger partial charge in [-0.2, -0.15) is 0 Å². The molecule has 6 nitrogen and oxygen atoms in total. The standard InChI is InChI=1S/C23H22N4O2/c1-26-9-11-27(12-10-26)23(29)16-6-4-8-20-17(16)14-21(24-20)18-13-15-5-2-3-7-19(15)25-22(18)28/h2-8,13-14,24H,9-12H2,1H3,(H,25,28). The van der Waals surface area contributed by atoms with Gasteiger partial charge in [-0.05, 0) is 42.8 Å². The molecule has 0 unspecified atom stereocenters. The number of hydrogen-bond acceptors (Lipinski definition) is 3. The van der Waals surface area contributed by atoms with Crippen molar-refractivity contribution in [2.45, 2.75) is 0 Å². The number of likely N-dealkylation sites (N-methyl/N-ethyl adjacent to an activating group) is 1. The van der Waals surface area contributed by atoms with Crippen LogP contribution in [0.2, 0.25) is 0 Å². The first-order valence-corrected chi connectivity index (χ1v) is 9.82. The normalized spacial score (nSPS) is 15.3. The van der Waals surface area contributed by atoms with Gasteiger partial charge in [-0.25, -0.2) is 0 Å². The Kier molecular flexibility index (Phi) is 4.21. The van der Waals surface area contributed by atoms with Crippen molar-refractivity contribution < 1.29 is 4.79 Å². The summed E-state index contributed by atoms with van der Waals surface area (Å²) in [5, 5.41) is 1.81. The Balaban J connectivity index is 1.58. The molecule has 0 bridgehead atoms. The minimum atomic E-state index is -0.151. The Morgan fingerprint density at radius 2 is 1.66 bits per heavy atom.